The van der Waals surface area contributed by atoms with E-state index in [0.717, 1.165) is 51.3 Å². The summed E-state index contributed by atoms with van der Waals surface area (Å²) in [4.78, 5) is 0. The normalized spacial score (nSPS) is 14.2. The van der Waals surface area contributed by atoms with Gasteiger partial charge in [-0.25, -0.2) is 0 Å². The standard InChI is InChI=1S/C28H21IO4/c1-17(29)9-23-27(20-8-7-19-12-24-25(31-15-30-24)13-21(19)11-20)22(10-18-5-3-2-4-6-18)14-26-28(23)33-16-32-26/h2-9,11-14H,10,15-16H2,1H3/b17-9-. The van der Waals surface area contributed by atoms with E-state index in [4.69, 9.17) is 18.9 Å². The maximum absolute atomic E-state index is 5.94. The average molecular weight is 548 g/mol. The van der Waals surface area contributed by atoms with Crippen LogP contribution in [0.3, 0.4) is 0 Å². The minimum atomic E-state index is 0.242. The summed E-state index contributed by atoms with van der Waals surface area (Å²) < 4.78 is 24.1. The van der Waals surface area contributed by atoms with Crippen LogP contribution in [0.4, 0.5) is 0 Å². The van der Waals surface area contributed by atoms with Crippen LogP contribution in [-0.2, 0) is 6.42 Å². The zero-order valence-corrected chi connectivity index (χ0v) is 20.2. The van der Waals surface area contributed by atoms with Crippen LogP contribution < -0.4 is 18.9 Å². The van der Waals surface area contributed by atoms with E-state index in [9.17, 15) is 0 Å². The third-order valence-corrected chi connectivity index (χ3v) is 6.29. The highest BCUT2D eigenvalue weighted by Crippen LogP contribution is 2.46. The van der Waals surface area contributed by atoms with Gasteiger partial charge in [0.15, 0.2) is 23.0 Å². The number of hydrogen-bond donors (Lipinski definition) is 0. The van der Waals surface area contributed by atoms with Gasteiger partial charge in [0.1, 0.15) is 0 Å². The minimum Gasteiger partial charge on any atom is -0.454 e. The lowest BCUT2D eigenvalue weighted by Gasteiger charge is -2.17. The molecule has 2 heterocycles. The Morgan fingerprint density at radius 1 is 0.818 bits per heavy atom. The van der Waals surface area contributed by atoms with Crippen molar-refractivity contribution >= 4 is 39.4 Å². The second kappa shape index (κ2) is 8.30. The van der Waals surface area contributed by atoms with E-state index in [1.165, 1.54) is 20.3 Å². The fraction of sp³-hybridized carbons (Fsp3) is 0.143. The summed E-state index contributed by atoms with van der Waals surface area (Å²) in [7, 11) is 0. The zero-order chi connectivity index (χ0) is 22.4. The van der Waals surface area contributed by atoms with Gasteiger partial charge in [0.25, 0.3) is 0 Å². The van der Waals surface area contributed by atoms with E-state index in [1.54, 1.807) is 0 Å². The van der Waals surface area contributed by atoms with Crippen LogP contribution in [-0.4, -0.2) is 13.6 Å². The molecule has 0 bridgehead atoms. The van der Waals surface area contributed by atoms with Crippen molar-refractivity contribution in [3.8, 4) is 34.1 Å². The van der Waals surface area contributed by atoms with Crippen molar-refractivity contribution in [1.29, 1.82) is 0 Å². The molecule has 0 unspecified atom stereocenters. The Morgan fingerprint density at radius 2 is 1.55 bits per heavy atom. The van der Waals surface area contributed by atoms with Gasteiger partial charge in [-0.1, -0.05) is 42.5 Å². The van der Waals surface area contributed by atoms with Gasteiger partial charge < -0.3 is 18.9 Å². The molecule has 2 aliphatic heterocycles. The SMILES string of the molecule is C/C(I)=C/c1c2c(cc(Cc3ccccc3)c1-c1ccc3cc4c(cc3c1)OCO4)OCO2. The maximum Gasteiger partial charge on any atom is 0.231 e. The molecule has 5 heteroatoms. The Morgan fingerprint density at radius 3 is 2.33 bits per heavy atom. The highest BCUT2D eigenvalue weighted by atomic mass is 127. The summed E-state index contributed by atoms with van der Waals surface area (Å²) in [5, 5.41) is 2.23. The summed E-state index contributed by atoms with van der Waals surface area (Å²) in [6.07, 6.45) is 2.98. The Balaban J connectivity index is 1.59. The maximum atomic E-state index is 5.94. The first-order valence-corrected chi connectivity index (χ1v) is 11.9. The second-order valence-corrected chi connectivity index (χ2v) is 9.92. The first kappa shape index (κ1) is 20.4. The molecule has 0 saturated carbocycles. The van der Waals surface area contributed by atoms with Crippen LogP contribution in [0.15, 0.2) is 70.3 Å². The molecule has 0 saturated heterocycles. The third-order valence-electron chi connectivity index (χ3n) is 5.98. The average Bonchev–Trinajstić information content (AvgIpc) is 3.46. The van der Waals surface area contributed by atoms with E-state index >= 15 is 0 Å². The van der Waals surface area contributed by atoms with E-state index in [1.807, 2.05) is 12.1 Å². The van der Waals surface area contributed by atoms with Gasteiger partial charge >= 0.3 is 0 Å². The van der Waals surface area contributed by atoms with Crippen molar-refractivity contribution in [3.05, 3.63) is 87.0 Å². The molecule has 6 rings (SSSR count). The van der Waals surface area contributed by atoms with Crippen molar-refractivity contribution in [1.82, 2.24) is 0 Å². The number of fused-ring (bicyclic) bond motifs is 3. The van der Waals surface area contributed by atoms with Crippen molar-refractivity contribution < 1.29 is 18.9 Å². The van der Waals surface area contributed by atoms with Crippen LogP contribution in [0.25, 0.3) is 28.0 Å². The summed E-state index contributed by atoms with van der Waals surface area (Å²) in [5.74, 6) is 3.20. The lowest BCUT2D eigenvalue weighted by Crippen LogP contribution is -1.97. The Hall–Kier alpha value is -3.19. The van der Waals surface area contributed by atoms with E-state index < -0.39 is 0 Å². The van der Waals surface area contributed by atoms with Crippen LogP contribution >= 0.6 is 22.6 Å². The molecule has 2 aliphatic rings. The van der Waals surface area contributed by atoms with E-state index in [2.05, 4.69) is 90.2 Å². The first-order valence-electron chi connectivity index (χ1n) is 10.8. The molecule has 0 aliphatic carbocycles. The summed E-state index contributed by atoms with van der Waals surface area (Å²) in [6.45, 7) is 2.61. The molecule has 0 fully saturated rings. The highest BCUT2D eigenvalue weighted by Gasteiger charge is 2.25. The third kappa shape index (κ3) is 3.80. The van der Waals surface area contributed by atoms with Gasteiger partial charge in [0, 0.05) is 5.56 Å². The Labute approximate surface area is 205 Å². The molecule has 4 nitrogen and oxygen atoms in total. The molecule has 4 aromatic rings. The molecule has 33 heavy (non-hydrogen) atoms. The number of benzene rings is 4. The molecule has 0 spiro atoms. The largest absolute Gasteiger partial charge is 0.454 e. The van der Waals surface area contributed by atoms with Crippen LogP contribution in [0, 0.1) is 0 Å². The van der Waals surface area contributed by atoms with Gasteiger partial charge in [-0.3, -0.25) is 0 Å². The molecule has 0 atom stereocenters. The monoisotopic (exact) mass is 548 g/mol. The predicted molar refractivity (Wildman–Crippen MR) is 139 cm³/mol. The zero-order valence-electron chi connectivity index (χ0n) is 18.1. The number of hydrogen-bond acceptors (Lipinski definition) is 4. The fourth-order valence-corrected chi connectivity index (χ4v) is 4.86. The molecular formula is C28H21IO4. The van der Waals surface area contributed by atoms with E-state index in [0.29, 0.717) is 0 Å². The first-order chi connectivity index (χ1) is 16.2. The minimum absolute atomic E-state index is 0.242. The number of halogens is 1. The lowest BCUT2D eigenvalue weighted by atomic mass is 9.88. The molecule has 4 aromatic carbocycles. The number of rotatable bonds is 4. The van der Waals surface area contributed by atoms with Crippen molar-refractivity contribution in [2.24, 2.45) is 0 Å². The second-order valence-electron chi connectivity index (χ2n) is 8.22. The molecule has 164 valence electrons. The highest BCUT2D eigenvalue weighted by molar-refractivity contribution is 14.1. The van der Waals surface area contributed by atoms with Gasteiger partial charge in [-0.05, 0) is 103 Å². The van der Waals surface area contributed by atoms with Gasteiger partial charge in [-0.2, -0.15) is 0 Å². The van der Waals surface area contributed by atoms with Crippen LogP contribution in [0.2, 0.25) is 0 Å². The van der Waals surface area contributed by atoms with Crippen molar-refractivity contribution in [2.75, 3.05) is 13.6 Å². The van der Waals surface area contributed by atoms with Crippen molar-refractivity contribution in [3.63, 3.8) is 0 Å². The fourth-order valence-electron chi connectivity index (χ4n) is 4.55. The van der Waals surface area contributed by atoms with E-state index in [-0.39, 0.29) is 13.6 Å². The van der Waals surface area contributed by atoms with Crippen molar-refractivity contribution in [2.45, 2.75) is 13.3 Å². The quantitative estimate of drug-likeness (QED) is 0.250. The van der Waals surface area contributed by atoms with Crippen LogP contribution in [0.1, 0.15) is 23.6 Å². The van der Waals surface area contributed by atoms with Gasteiger partial charge in [-0.15, -0.1) is 0 Å². The van der Waals surface area contributed by atoms with Gasteiger partial charge in [0.2, 0.25) is 13.6 Å². The molecule has 0 N–H and O–H groups in total. The Kier molecular flexibility index (Phi) is 5.14. The smallest absolute Gasteiger partial charge is 0.231 e. The molecule has 0 radical (unpaired) electrons. The molecule has 0 amide bonds. The number of ether oxygens (including phenoxy) is 4. The lowest BCUT2D eigenvalue weighted by molar-refractivity contribution is 0.173. The molecule has 0 aromatic heterocycles. The molecular weight excluding hydrogens is 527 g/mol. The summed E-state index contributed by atoms with van der Waals surface area (Å²) in [5.41, 5.74) is 5.81. The number of allylic oxidation sites excluding steroid dienone is 1. The van der Waals surface area contributed by atoms with Crippen LogP contribution in [0.5, 0.6) is 23.0 Å². The summed E-state index contributed by atoms with van der Waals surface area (Å²) in [6, 6.07) is 23.3. The predicted octanol–water partition coefficient (Wildman–Crippen LogP) is 7.35. The summed E-state index contributed by atoms with van der Waals surface area (Å²) >= 11 is 2.35. The Bertz CT molecular complexity index is 1410. The van der Waals surface area contributed by atoms with Gasteiger partial charge in [0.05, 0.1) is 0 Å². The topological polar surface area (TPSA) is 36.9 Å².